The van der Waals surface area contributed by atoms with Crippen LogP contribution in [0.25, 0.3) is 21.5 Å². The van der Waals surface area contributed by atoms with Crippen molar-refractivity contribution in [3.8, 4) is 11.5 Å². The molecule has 1 N–H and O–H groups in total. The summed E-state index contributed by atoms with van der Waals surface area (Å²) in [5, 5.41) is 15.2. The summed E-state index contributed by atoms with van der Waals surface area (Å²) in [5.74, 6) is 1.22. The number of aliphatic imine (C=N–C) groups is 1. The molecule has 0 radical (unpaired) electrons. The normalized spacial score (nSPS) is 13.7. The molecular weight excluding hydrogens is 360 g/mol. The Morgan fingerprint density at radius 3 is 2.41 bits per heavy atom. The minimum atomic E-state index is 0.279. The molecule has 0 saturated carbocycles. The second-order valence-electron chi connectivity index (χ2n) is 7.89. The lowest BCUT2D eigenvalue weighted by Crippen LogP contribution is -2.25. The fourth-order valence-corrected chi connectivity index (χ4v) is 4.16. The van der Waals surface area contributed by atoms with Crippen molar-refractivity contribution in [2.24, 2.45) is 4.99 Å². The van der Waals surface area contributed by atoms with Gasteiger partial charge in [0, 0.05) is 24.7 Å². The molecule has 0 unspecified atom stereocenters. The molecule has 0 spiro atoms. The van der Waals surface area contributed by atoms with E-state index in [1.165, 1.54) is 21.9 Å². The standard InChI is InChI=1S/C25H28N2O2/c1-5-7-26-13-18-9-20-17(4)23-12-25-19(14-27(8-6-2)15-29-25)10-21(23)16(3)22(20)11-24(18)28/h9-14H,5-8,15H2,1-4H3/p+1. The molecule has 0 atom stereocenters. The maximum absolute atomic E-state index is 10.6. The zero-order chi connectivity index (χ0) is 20.5. The first-order valence-electron chi connectivity index (χ1n) is 10.5. The lowest BCUT2D eigenvalue weighted by Gasteiger charge is -2.18. The molecule has 0 aliphatic carbocycles. The van der Waals surface area contributed by atoms with Gasteiger partial charge in [0.1, 0.15) is 18.0 Å². The minimum Gasteiger partial charge on any atom is -0.507 e. The number of phenols is 1. The molecule has 0 bridgehead atoms. The van der Waals surface area contributed by atoms with E-state index < -0.39 is 0 Å². The largest absolute Gasteiger partial charge is 0.507 e. The van der Waals surface area contributed by atoms with E-state index in [9.17, 15) is 5.11 Å². The van der Waals surface area contributed by atoms with Gasteiger partial charge < -0.3 is 9.84 Å². The van der Waals surface area contributed by atoms with Crippen molar-refractivity contribution in [3.05, 3.63) is 46.5 Å². The summed E-state index contributed by atoms with van der Waals surface area (Å²) in [5.41, 5.74) is 4.27. The summed E-state index contributed by atoms with van der Waals surface area (Å²) >= 11 is 0. The van der Waals surface area contributed by atoms with Crippen molar-refractivity contribution < 1.29 is 14.4 Å². The Bertz CT molecular complexity index is 1160. The molecule has 4 nitrogen and oxygen atoms in total. The van der Waals surface area contributed by atoms with Gasteiger partial charge in [0.2, 0.25) is 0 Å². The number of benzene rings is 3. The monoisotopic (exact) mass is 389 g/mol. The average molecular weight is 390 g/mol. The van der Waals surface area contributed by atoms with Gasteiger partial charge in [-0.25, -0.2) is 4.58 Å². The van der Waals surface area contributed by atoms with Crippen LogP contribution in [-0.4, -0.2) is 41.9 Å². The van der Waals surface area contributed by atoms with Gasteiger partial charge in [-0.15, -0.1) is 0 Å². The third-order valence-corrected chi connectivity index (χ3v) is 5.73. The fourth-order valence-electron chi connectivity index (χ4n) is 4.16. The number of nitrogens with zero attached hydrogens (tertiary/aromatic N) is 2. The van der Waals surface area contributed by atoms with Crippen LogP contribution in [0.15, 0.2) is 29.3 Å². The predicted molar refractivity (Wildman–Crippen MR) is 121 cm³/mol. The van der Waals surface area contributed by atoms with Crippen molar-refractivity contribution in [2.45, 2.75) is 40.5 Å². The Morgan fingerprint density at radius 1 is 1.00 bits per heavy atom. The van der Waals surface area contributed by atoms with E-state index in [0.29, 0.717) is 6.73 Å². The van der Waals surface area contributed by atoms with Crippen LogP contribution in [-0.2, 0) is 0 Å². The molecule has 0 saturated heterocycles. The van der Waals surface area contributed by atoms with E-state index in [-0.39, 0.29) is 5.75 Å². The third kappa shape index (κ3) is 3.48. The Balaban J connectivity index is 1.94. The Morgan fingerprint density at radius 2 is 1.69 bits per heavy atom. The number of aromatic hydroxyl groups is 1. The summed E-state index contributed by atoms with van der Waals surface area (Å²) in [6.45, 7) is 10.9. The van der Waals surface area contributed by atoms with Gasteiger partial charge in [0.25, 0.3) is 6.73 Å². The first-order chi connectivity index (χ1) is 14.0. The first kappa shape index (κ1) is 19.4. The van der Waals surface area contributed by atoms with Gasteiger partial charge in [-0.3, -0.25) is 4.99 Å². The number of aryl methyl sites for hydroxylation is 2. The highest BCUT2D eigenvalue weighted by Crippen LogP contribution is 2.38. The number of hydrogen-bond donors (Lipinski definition) is 1. The van der Waals surface area contributed by atoms with Gasteiger partial charge >= 0.3 is 0 Å². The van der Waals surface area contributed by atoms with Gasteiger partial charge in [-0.1, -0.05) is 13.8 Å². The van der Waals surface area contributed by atoms with Gasteiger partial charge in [0.05, 0.1) is 5.56 Å². The topological polar surface area (TPSA) is 44.8 Å². The number of rotatable bonds is 5. The van der Waals surface area contributed by atoms with Crippen molar-refractivity contribution in [3.63, 3.8) is 0 Å². The summed E-state index contributed by atoms with van der Waals surface area (Å²) in [6.07, 6.45) is 6.07. The smallest absolute Gasteiger partial charge is 0.287 e. The van der Waals surface area contributed by atoms with Crippen molar-refractivity contribution in [2.75, 3.05) is 19.8 Å². The molecule has 29 heavy (non-hydrogen) atoms. The fraction of sp³-hybridized carbons (Fsp3) is 0.360. The van der Waals surface area contributed by atoms with Crippen molar-refractivity contribution in [1.82, 2.24) is 0 Å². The lowest BCUT2D eigenvalue weighted by molar-refractivity contribution is -0.556. The van der Waals surface area contributed by atoms with Crippen LogP contribution in [0.1, 0.15) is 48.9 Å². The number of fused-ring (bicyclic) bond motifs is 3. The molecule has 1 aliphatic heterocycles. The van der Waals surface area contributed by atoms with Crippen LogP contribution in [0, 0.1) is 13.8 Å². The van der Waals surface area contributed by atoms with E-state index in [4.69, 9.17) is 4.74 Å². The van der Waals surface area contributed by atoms with Gasteiger partial charge in [0.15, 0.2) is 6.21 Å². The maximum Gasteiger partial charge on any atom is 0.287 e. The van der Waals surface area contributed by atoms with Crippen LogP contribution in [0.2, 0.25) is 0 Å². The second kappa shape index (κ2) is 7.86. The molecule has 150 valence electrons. The average Bonchev–Trinajstić information content (AvgIpc) is 2.72. The Kier molecular flexibility index (Phi) is 5.27. The van der Waals surface area contributed by atoms with E-state index in [2.05, 4.69) is 61.7 Å². The summed E-state index contributed by atoms with van der Waals surface area (Å²) in [6, 6.07) is 8.33. The van der Waals surface area contributed by atoms with Gasteiger partial charge in [-0.05, 0) is 77.2 Å². The first-order valence-corrected chi connectivity index (χ1v) is 10.5. The second-order valence-corrected chi connectivity index (χ2v) is 7.89. The number of ether oxygens (including phenoxy) is 1. The number of phenolic OH excluding ortho intramolecular Hbond substituents is 1. The minimum absolute atomic E-state index is 0.279. The molecule has 1 aliphatic rings. The van der Waals surface area contributed by atoms with E-state index in [1.807, 2.05) is 6.07 Å². The molecule has 0 aromatic heterocycles. The van der Waals surface area contributed by atoms with Crippen LogP contribution < -0.4 is 4.74 Å². The van der Waals surface area contributed by atoms with E-state index >= 15 is 0 Å². The maximum atomic E-state index is 10.6. The van der Waals surface area contributed by atoms with E-state index in [1.54, 1.807) is 6.21 Å². The molecule has 4 heteroatoms. The highest BCUT2D eigenvalue weighted by atomic mass is 16.5. The zero-order valence-electron chi connectivity index (χ0n) is 17.7. The predicted octanol–water partition coefficient (Wildman–Crippen LogP) is 5.34. The van der Waals surface area contributed by atoms with Crippen LogP contribution >= 0.6 is 0 Å². The SMILES string of the molecule is CCCN=Cc1cc2c(C)c3cc4c(cc3c(C)c2cc1O)C=[N+](CCC)CO4. The van der Waals surface area contributed by atoms with E-state index in [0.717, 1.165) is 53.6 Å². The molecule has 1 heterocycles. The van der Waals surface area contributed by atoms with Crippen molar-refractivity contribution >= 4 is 34.0 Å². The molecule has 0 fully saturated rings. The third-order valence-electron chi connectivity index (χ3n) is 5.73. The molecule has 3 aromatic rings. The summed E-state index contributed by atoms with van der Waals surface area (Å²) in [7, 11) is 0. The quantitative estimate of drug-likeness (QED) is 0.364. The summed E-state index contributed by atoms with van der Waals surface area (Å²) in [4.78, 5) is 4.41. The molecule has 4 rings (SSSR count). The highest BCUT2D eigenvalue weighted by molar-refractivity contribution is 6.09. The molecular formula is C25H29N2O2+. The van der Waals surface area contributed by atoms with Crippen LogP contribution in [0.5, 0.6) is 11.5 Å². The number of hydrogen-bond acceptors (Lipinski definition) is 3. The highest BCUT2D eigenvalue weighted by Gasteiger charge is 2.20. The molecule has 0 amide bonds. The molecule has 3 aromatic carbocycles. The zero-order valence-corrected chi connectivity index (χ0v) is 17.7. The Hall–Kier alpha value is -2.88. The van der Waals surface area contributed by atoms with Crippen molar-refractivity contribution in [1.29, 1.82) is 0 Å². The van der Waals surface area contributed by atoms with Crippen LogP contribution in [0.3, 0.4) is 0 Å². The summed E-state index contributed by atoms with van der Waals surface area (Å²) < 4.78 is 8.26. The van der Waals surface area contributed by atoms with Crippen LogP contribution in [0.4, 0.5) is 0 Å². The lowest BCUT2D eigenvalue weighted by atomic mass is 9.90. The Labute approximate surface area is 172 Å². The van der Waals surface area contributed by atoms with Gasteiger partial charge in [-0.2, -0.15) is 0 Å².